The third kappa shape index (κ3) is 4.80. The number of rotatable bonds is 7. The normalized spacial score (nSPS) is 14.2. The lowest BCUT2D eigenvalue weighted by molar-refractivity contribution is -0.138. The summed E-state index contributed by atoms with van der Waals surface area (Å²) in [5, 5.41) is 12.3. The lowest BCUT2D eigenvalue weighted by Gasteiger charge is -2.17. The van der Waals surface area contributed by atoms with Crippen LogP contribution in [-0.2, 0) is 23.9 Å². The molecule has 1 aliphatic carbocycles. The highest BCUT2D eigenvalue weighted by Gasteiger charge is 2.31. The van der Waals surface area contributed by atoms with E-state index in [-0.39, 0.29) is 6.42 Å². The van der Waals surface area contributed by atoms with Gasteiger partial charge in [-0.25, -0.2) is 0 Å². The van der Waals surface area contributed by atoms with E-state index in [2.05, 4.69) is 5.32 Å². The number of hydrogen-bond donors (Lipinski definition) is 2. The standard InChI is InChI=1S/C20H20F3NO3/c1-27-18-7-2-12(9-19(25)26)8-17(18)16-6-3-14(20(21,22)23)10-13(16)11-24-15-4-5-15/h2-3,6-8,10,15,24H,4-5,9,11H2,1H3,(H,25,26). The summed E-state index contributed by atoms with van der Waals surface area (Å²) in [7, 11) is 1.47. The number of halogens is 3. The Morgan fingerprint density at radius 1 is 1.19 bits per heavy atom. The predicted molar refractivity (Wildman–Crippen MR) is 94.6 cm³/mol. The molecule has 3 rings (SSSR count). The highest BCUT2D eigenvalue weighted by Crippen LogP contribution is 2.37. The first-order valence-corrected chi connectivity index (χ1v) is 8.60. The van der Waals surface area contributed by atoms with Crippen LogP contribution in [0.25, 0.3) is 11.1 Å². The van der Waals surface area contributed by atoms with Crippen LogP contribution in [0.3, 0.4) is 0 Å². The molecule has 0 aliphatic heterocycles. The molecular formula is C20H20F3NO3. The van der Waals surface area contributed by atoms with E-state index in [0.717, 1.165) is 25.0 Å². The van der Waals surface area contributed by atoms with Crippen LogP contribution in [0.4, 0.5) is 13.2 Å². The zero-order chi connectivity index (χ0) is 19.6. The summed E-state index contributed by atoms with van der Waals surface area (Å²) in [6.45, 7) is 0.302. The second kappa shape index (κ2) is 7.60. The van der Waals surface area contributed by atoms with E-state index in [9.17, 15) is 18.0 Å². The molecule has 0 heterocycles. The molecule has 0 radical (unpaired) electrons. The van der Waals surface area contributed by atoms with Crippen LogP contribution in [0, 0.1) is 0 Å². The van der Waals surface area contributed by atoms with Crippen LogP contribution in [-0.4, -0.2) is 24.2 Å². The van der Waals surface area contributed by atoms with Crippen LogP contribution >= 0.6 is 0 Å². The summed E-state index contributed by atoms with van der Waals surface area (Å²) in [6, 6.07) is 8.90. The average molecular weight is 379 g/mol. The number of nitrogens with one attached hydrogen (secondary N) is 1. The molecule has 0 bridgehead atoms. The Morgan fingerprint density at radius 2 is 1.93 bits per heavy atom. The van der Waals surface area contributed by atoms with Gasteiger partial charge in [-0.05, 0) is 53.8 Å². The summed E-state index contributed by atoms with van der Waals surface area (Å²) in [4.78, 5) is 11.0. The van der Waals surface area contributed by atoms with Crippen LogP contribution in [0.5, 0.6) is 5.75 Å². The first-order chi connectivity index (χ1) is 12.8. The number of carboxylic acids is 1. The summed E-state index contributed by atoms with van der Waals surface area (Å²) in [6.07, 6.45) is -2.56. The fourth-order valence-electron chi connectivity index (χ4n) is 2.97. The third-order valence-electron chi connectivity index (χ3n) is 4.50. The van der Waals surface area contributed by atoms with Crippen molar-refractivity contribution in [1.82, 2.24) is 5.32 Å². The van der Waals surface area contributed by atoms with Gasteiger partial charge in [-0.1, -0.05) is 12.1 Å². The molecule has 2 aromatic carbocycles. The van der Waals surface area contributed by atoms with Gasteiger partial charge in [-0.2, -0.15) is 13.2 Å². The number of carboxylic acid groups (broad SMARTS) is 1. The van der Waals surface area contributed by atoms with Crippen molar-refractivity contribution in [3.8, 4) is 16.9 Å². The molecule has 0 aromatic heterocycles. The number of alkyl halides is 3. The quantitative estimate of drug-likeness (QED) is 0.755. The summed E-state index contributed by atoms with van der Waals surface area (Å²) < 4.78 is 44.8. The maximum absolute atomic E-state index is 13.2. The molecule has 7 heteroatoms. The van der Waals surface area contributed by atoms with Crippen LogP contribution in [0.2, 0.25) is 0 Å². The van der Waals surface area contributed by atoms with Gasteiger partial charge in [-0.3, -0.25) is 4.79 Å². The van der Waals surface area contributed by atoms with Gasteiger partial charge in [0, 0.05) is 18.2 Å². The van der Waals surface area contributed by atoms with Crippen LogP contribution in [0.15, 0.2) is 36.4 Å². The zero-order valence-corrected chi connectivity index (χ0v) is 14.8. The molecule has 27 heavy (non-hydrogen) atoms. The number of ether oxygens (including phenoxy) is 1. The molecule has 2 aromatic rings. The van der Waals surface area contributed by atoms with Crippen molar-refractivity contribution in [2.75, 3.05) is 7.11 Å². The summed E-state index contributed by atoms with van der Waals surface area (Å²) >= 11 is 0. The molecule has 0 atom stereocenters. The Morgan fingerprint density at radius 3 is 2.52 bits per heavy atom. The average Bonchev–Trinajstić information content (AvgIpc) is 3.43. The molecule has 144 valence electrons. The zero-order valence-electron chi connectivity index (χ0n) is 14.8. The first kappa shape index (κ1) is 19.2. The smallest absolute Gasteiger partial charge is 0.416 e. The minimum absolute atomic E-state index is 0.173. The van der Waals surface area contributed by atoms with Crippen molar-refractivity contribution in [2.24, 2.45) is 0 Å². The fraction of sp³-hybridized carbons (Fsp3) is 0.350. The molecule has 0 saturated heterocycles. The third-order valence-corrected chi connectivity index (χ3v) is 4.50. The molecule has 1 saturated carbocycles. The van der Waals surface area contributed by atoms with E-state index in [1.54, 1.807) is 18.2 Å². The number of carbonyl (C=O) groups is 1. The van der Waals surface area contributed by atoms with Crippen molar-refractivity contribution in [2.45, 2.75) is 38.0 Å². The Kier molecular flexibility index (Phi) is 5.41. The topological polar surface area (TPSA) is 58.6 Å². The van der Waals surface area contributed by atoms with E-state index in [1.807, 2.05) is 0 Å². The molecular weight excluding hydrogens is 359 g/mol. The maximum Gasteiger partial charge on any atom is 0.416 e. The van der Waals surface area contributed by atoms with Crippen molar-refractivity contribution < 1.29 is 27.8 Å². The Hall–Kier alpha value is -2.54. The molecule has 0 amide bonds. The molecule has 0 spiro atoms. The van der Waals surface area contributed by atoms with Gasteiger partial charge < -0.3 is 15.2 Å². The fourth-order valence-corrected chi connectivity index (χ4v) is 2.97. The maximum atomic E-state index is 13.2. The van der Waals surface area contributed by atoms with E-state index >= 15 is 0 Å². The Labute approximate surface area is 155 Å². The summed E-state index contributed by atoms with van der Waals surface area (Å²) in [5.74, 6) is -0.495. The highest BCUT2D eigenvalue weighted by molar-refractivity contribution is 5.77. The number of aliphatic carboxylic acids is 1. The lowest BCUT2D eigenvalue weighted by atomic mass is 9.94. The largest absolute Gasteiger partial charge is 0.496 e. The second-order valence-electron chi connectivity index (χ2n) is 6.63. The van der Waals surface area contributed by atoms with Gasteiger partial charge in [0.2, 0.25) is 0 Å². The van der Waals surface area contributed by atoms with Crippen molar-refractivity contribution in [1.29, 1.82) is 0 Å². The monoisotopic (exact) mass is 379 g/mol. The number of hydrogen-bond acceptors (Lipinski definition) is 3. The van der Waals surface area contributed by atoms with Gasteiger partial charge in [0.05, 0.1) is 19.1 Å². The van der Waals surface area contributed by atoms with Crippen LogP contribution < -0.4 is 10.1 Å². The van der Waals surface area contributed by atoms with Crippen molar-refractivity contribution in [3.05, 3.63) is 53.1 Å². The Bertz CT molecular complexity index is 845. The number of benzene rings is 2. The minimum Gasteiger partial charge on any atom is -0.496 e. The molecule has 0 unspecified atom stereocenters. The Balaban J connectivity index is 2.06. The van der Waals surface area contributed by atoms with Gasteiger partial charge in [0.15, 0.2) is 0 Å². The second-order valence-corrected chi connectivity index (χ2v) is 6.63. The predicted octanol–water partition coefficient (Wildman–Crippen LogP) is 4.26. The van der Waals surface area contributed by atoms with Gasteiger partial charge in [-0.15, -0.1) is 0 Å². The van der Waals surface area contributed by atoms with Gasteiger partial charge >= 0.3 is 12.1 Å². The highest BCUT2D eigenvalue weighted by atomic mass is 19.4. The van der Waals surface area contributed by atoms with E-state index in [4.69, 9.17) is 9.84 Å². The van der Waals surface area contributed by atoms with E-state index in [1.165, 1.54) is 13.2 Å². The molecule has 4 nitrogen and oxygen atoms in total. The summed E-state index contributed by atoms with van der Waals surface area (Å²) in [5.41, 5.74) is 1.53. The van der Waals surface area contributed by atoms with Gasteiger partial charge in [0.25, 0.3) is 0 Å². The number of methoxy groups -OCH3 is 1. The minimum atomic E-state index is -4.43. The van der Waals surface area contributed by atoms with Crippen LogP contribution in [0.1, 0.15) is 29.5 Å². The molecule has 2 N–H and O–H groups in total. The van der Waals surface area contributed by atoms with Gasteiger partial charge in [0.1, 0.15) is 5.75 Å². The van der Waals surface area contributed by atoms with Crippen molar-refractivity contribution in [3.63, 3.8) is 0 Å². The lowest BCUT2D eigenvalue weighted by Crippen LogP contribution is -2.17. The van der Waals surface area contributed by atoms with E-state index < -0.39 is 17.7 Å². The molecule has 1 aliphatic rings. The first-order valence-electron chi connectivity index (χ1n) is 8.60. The van der Waals surface area contributed by atoms with Crippen molar-refractivity contribution >= 4 is 5.97 Å². The SMILES string of the molecule is COc1ccc(CC(=O)O)cc1-c1ccc(C(F)(F)F)cc1CNC1CC1. The van der Waals surface area contributed by atoms with E-state index in [0.29, 0.717) is 40.6 Å². The molecule has 1 fully saturated rings.